The maximum Gasteiger partial charge on any atom is 0.235 e. The van der Waals surface area contributed by atoms with Gasteiger partial charge in [-0.25, -0.2) is 0 Å². The number of nitrogens with one attached hydrogen (secondary N) is 2. The number of fused-ring (bicyclic) bond motifs is 1. The van der Waals surface area contributed by atoms with E-state index in [1.165, 1.54) is 0 Å². The molecule has 3 aliphatic rings. The molecular formula is C32H36N2O5. The minimum atomic E-state index is -1.67. The highest BCUT2D eigenvalue weighted by molar-refractivity contribution is 6.18. The fourth-order valence-corrected chi connectivity index (χ4v) is 7.09. The number of carbonyl (C=O) groups is 4. The molecule has 2 heterocycles. The van der Waals surface area contributed by atoms with E-state index in [1.807, 2.05) is 63.4 Å². The molecule has 1 spiro atoms. The predicted molar refractivity (Wildman–Crippen MR) is 149 cm³/mol. The van der Waals surface area contributed by atoms with E-state index in [0.29, 0.717) is 18.4 Å². The number of hydrogen-bond acceptors (Lipinski definition) is 5. The minimum absolute atomic E-state index is 0.0158. The number of allylic oxidation sites excluding steroid dienone is 4. The number of para-hydroxylation sites is 1. The standard InChI is InChI=1S/C32H36N2O5/c1-17-8-7-10-23-30(38)20(4)19(3)28-25(15-21-16-33-24-11-6-5-9-22(21)24)34-31(39)32(23,28)27(36)13-12-26(35)29(37)18(2)14-17/h5-7,9-14,16-17,19-20,23,25,28-29,33,37H,8,15H2,1-4H3,(H,34,39)/b10-7+,13-12+,18-14?/t17-,19+,20-,23-,25-,28-,29+,32+/m0/s1. The SMILES string of the molecule is CC1=C[C@@H](C)C/C=C/[C@H]2C(=O)[C@@H](C)[C@@H](C)[C@H]3[C@H](Cc4c[nH]c5ccccc45)NC(=O)[C@]32C(=O)/C=C/C(=O)[C@@H]1O. The summed E-state index contributed by atoms with van der Waals surface area (Å²) in [6, 6.07) is 7.56. The third-order valence-corrected chi connectivity index (χ3v) is 9.26. The summed E-state index contributed by atoms with van der Waals surface area (Å²) in [5.74, 6) is -3.85. The van der Waals surface area contributed by atoms with Gasteiger partial charge in [-0.1, -0.05) is 57.2 Å². The zero-order chi connectivity index (χ0) is 28.1. The number of H-pyrrole nitrogens is 1. The molecule has 1 saturated heterocycles. The third-order valence-electron chi connectivity index (χ3n) is 9.26. The van der Waals surface area contributed by atoms with Crippen molar-refractivity contribution >= 4 is 34.2 Å². The van der Waals surface area contributed by atoms with Gasteiger partial charge in [0.2, 0.25) is 5.91 Å². The lowest BCUT2D eigenvalue weighted by atomic mass is 9.51. The molecular weight excluding hydrogens is 492 g/mol. The Balaban J connectivity index is 1.63. The number of ketones is 3. The van der Waals surface area contributed by atoms with Crippen LogP contribution in [0.25, 0.3) is 10.9 Å². The van der Waals surface area contributed by atoms with Crippen LogP contribution in [0.5, 0.6) is 0 Å². The molecule has 2 aliphatic carbocycles. The number of amides is 1. The fourth-order valence-electron chi connectivity index (χ4n) is 7.09. The lowest BCUT2D eigenvalue weighted by molar-refractivity contribution is -0.156. The molecule has 7 nitrogen and oxygen atoms in total. The summed E-state index contributed by atoms with van der Waals surface area (Å²) in [6.45, 7) is 7.46. The molecule has 0 bridgehead atoms. The Morgan fingerprint density at radius 1 is 1.05 bits per heavy atom. The van der Waals surface area contributed by atoms with Gasteiger partial charge in [0.1, 0.15) is 17.3 Å². The lowest BCUT2D eigenvalue weighted by Crippen LogP contribution is -2.58. The van der Waals surface area contributed by atoms with Crippen LogP contribution in [0.4, 0.5) is 0 Å². The van der Waals surface area contributed by atoms with Crippen molar-refractivity contribution in [1.82, 2.24) is 10.3 Å². The lowest BCUT2D eigenvalue weighted by Gasteiger charge is -2.47. The van der Waals surface area contributed by atoms with E-state index in [9.17, 15) is 24.3 Å². The number of rotatable bonds is 2. The summed E-state index contributed by atoms with van der Waals surface area (Å²) in [5, 5.41) is 14.7. The molecule has 2 aromatic rings. The molecule has 204 valence electrons. The number of hydrogen-bond donors (Lipinski definition) is 3. The minimum Gasteiger partial charge on any atom is -0.381 e. The Bertz CT molecular complexity index is 1430. The summed E-state index contributed by atoms with van der Waals surface area (Å²) in [5.41, 5.74) is 0.848. The Hall–Kier alpha value is -3.58. The molecule has 7 heteroatoms. The molecule has 5 rings (SSSR count). The molecule has 1 saturated carbocycles. The zero-order valence-electron chi connectivity index (χ0n) is 22.8. The van der Waals surface area contributed by atoms with Crippen LogP contribution >= 0.6 is 0 Å². The van der Waals surface area contributed by atoms with Gasteiger partial charge < -0.3 is 15.4 Å². The highest BCUT2D eigenvalue weighted by Gasteiger charge is 2.68. The van der Waals surface area contributed by atoms with Crippen molar-refractivity contribution in [1.29, 1.82) is 0 Å². The average Bonchev–Trinajstić information content (AvgIpc) is 3.45. The Morgan fingerprint density at radius 2 is 1.79 bits per heavy atom. The third kappa shape index (κ3) is 4.33. The first-order valence-corrected chi connectivity index (χ1v) is 13.8. The van der Waals surface area contributed by atoms with Gasteiger partial charge in [-0.15, -0.1) is 0 Å². The average molecular weight is 529 g/mol. The quantitative estimate of drug-likeness (QED) is 0.404. The Morgan fingerprint density at radius 3 is 2.56 bits per heavy atom. The summed E-state index contributed by atoms with van der Waals surface area (Å²) < 4.78 is 0. The number of carbonyl (C=O) groups excluding carboxylic acids is 4. The van der Waals surface area contributed by atoms with Gasteiger partial charge in [-0.05, 0) is 61.0 Å². The van der Waals surface area contributed by atoms with Crippen LogP contribution in [0, 0.1) is 35.0 Å². The Labute approximate surface area is 228 Å². The van der Waals surface area contributed by atoms with E-state index in [-0.39, 0.29) is 29.6 Å². The van der Waals surface area contributed by atoms with Crippen molar-refractivity contribution in [2.24, 2.45) is 35.0 Å². The number of benzene rings is 1. The van der Waals surface area contributed by atoms with Crippen LogP contribution in [0.3, 0.4) is 0 Å². The van der Waals surface area contributed by atoms with Gasteiger partial charge in [0.15, 0.2) is 11.6 Å². The number of aliphatic hydroxyl groups is 1. The zero-order valence-corrected chi connectivity index (χ0v) is 22.8. The highest BCUT2D eigenvalue weighted by Crippen LogP contribution is 2.55. The van der Waals surface area contributed by atoms with Crippen molar-refractivity contribution in [3.8, 4) is 0 Å². The molecule has 1 aliphatic heterocycles. The summed E-state index contributed by atoms with van der Waals surface area (Å²) >= 11 is 0. The smallest absolute Gasteiger partial charge is 0.235 e. The van der Waals surface area contributed by atoms with Crippen molar-refractivity contribution in [2.75, 3.05) is 0 Å². The van der Waals surface area contributed by atoms with Crippen molar-refractivity contribution in [2.45, 2.75) is 52.7 Å². The maximum absolute atomic E-state index is 14.1. The highest BCUT2D eigenvalue weighted by atomic mass is 16.3. The number of aromatic nitrogens is 1. The van der Waals surface area contributed by atoms with Crippen LogP contribution in [-0.2, 0) is 25.6 Å². The number of aliphatic hydroxyl groups excluding tert-OH is 1. The van der Waals surface area contributed by atoms with Crippen molar-refractivity contribution < 1.29 is 24.3 Å². The van der Waals surface area contributed by atoms with E-state index >= 15 is 0 Å². The fraction of sp³-hybridized carbons (Fsp3) is 0.438. The normalized spacial score (nSPS) is 37.2. The molecule has 8 atom stereocenters. The van der Waals surface area contributed by atoms with Crippen LogP contribution in [0.1, 0.15) is 39.7 Å². The number of aromatic amines is 1. The molecule has 1 aromatic heterocycles. The van der Waals surface area contributed by atoms with E-state index in [0.717, 1.165) is 28.6 Å². The van der Waals surface area contributed by atoms with E-state index in [2.05, 4.69) is 10.3 Å². The van der Waals surface area contributed by atoms with Crippen molar-refractivity contribution in [3.63, 3.8) is 0 Å². The number of Topliss-reactive ketones (excluding diaryl/α,β-unsaturated/α-hetero) is 1. The van der Waals surface area contributed by atoms with Gasteiger partial charge in [0.05, 0.1) is 5.92 Å². The maximum atomic E-state index is 14.1. The summed E-state index contributed by atoms with van der Waals surface area (Å²) in [6.07, 6.45) is 9.20. The van der Waals surface area contributed by atoms with Crippen molar-refractivity contribution in [3.05, 3.63) is 72.0 Å². The summed E-state index contributed by atoms with van der Waals surface area (Å²) in [7, 11) is 0. The van der Waals surface area contributed by atoms with E-state index < -0.39 is 40.8 Å². The second-order valence-electron chi connectivity index (χ2n) is 11.6. The van der Waals surface area contributed by atoms with Gasteiger partial charge in [0.25, 0.3) is 0 Å². The largest absolute Gasteiger partial charge is 0.381 e. The molecule has 1 amide bonds. The van der Waals surface area contributed by atoms with Gasteiger partial charge in [-0.2, -0.15) is 0 Å². The molecule has 0 unspecified atom stereocenters. The van der Waals surface area contributed by atoms with Crippen LogP contribution in [0.2, 0.25) is 0 Å². The van der Waals surface area contributed by atoms with Crippen LogP contribution < -0.4 is 5.32 Å². The molecule has 0 radical (unpaired) electrons. The first-order valence-electron chi connectivity index (χ1n) is 13.8. The first-order chi connectivity index (χ1) is 18.6. The monoisotopic (exact) mass is 528 g/mol. The molecule has 1 aromatic carbocycles. The van der Waals surface area contributed by atoms with Crippen LogP contribution in [-0.4, -0.2) is 45.5 Å². The van der Waals surface area contributed by atoms with Gasteiger partial charge >= 0.3 is 0 Å². The second-order valence-corrected chi connectivity index (χ2v) is 11.6. The van der Waals surface area contributed by atoms with Gasteiger partial charge in [0, 0.05) is 35.0 Å². The second kappa shape index (κ2) is 10.2. The topological polar surface area (TPSA) is 116 Å². The molecule has 39 heavy (non-hydrogen) atoms. The summed E-state index contributed by atoms with van der Waals surface area (Å²) in [4.78, 5) is 58.0. The Kier molecular flexibility index (Phi) is 7.06. The van der Waals surface area contributed by atoms with E-state index in [1.54, 1.807) is 13.0 Å². The molecule has 3 N–H and O–H groups in total. The predicted octanol–water partition coefficient (Wildman–Crippen LogP) is 3.88. The van der Waals surface area contributed by atoms with Crippen LogP contribution in [0.15, 0.2) is 66.4 Å². The van der Waals surface area contributed by atoms with Gasteiger partial charge in [-0.3, -0.25) is 19.2 Å². The van der Waals surface area contributed by atoms with E-state index in [4.69, 9.17) is 0 Å². The first kappa shape index (κ1) is 27.0. The molecule has 2 fully saturated rings.